The normalized spacial score (nSPS) is 14.2. The van der Waals surface area contributed by atoms with Crippen LogP contribution in [0.5, 0.6) is 0 Å². The summed E-state index contributed by atoms with van der Waals surface area (Å²) in [6.45, 7) is 6.11. The van der Waals surface area contributed by atoms with Crippen LogP contribution < -0.4 is 10.2 Å². The molecule has 0 saturated carbocycles. The SMILES string of the molecule is Cc1nnc(N2CC(Cc3ccccc3F)(C(=O)NCc3c(C)noc3C)C2)o1.O=CO. The first kappa shape index (κ1) is 22.9. The molecule has 1 saturated heterocycles. The summed E-state index contributed by atoms with van der Waals surface area (Å²) < 4.78 is 24.9. The van der Waals surface area contributed by atoms with Crippen molar-refractivity contribution in [3.8, 4) is 0 Å². The number of amides is 1. The second-order valence-corrected chi connectivity index (χ2v) is 7.60. The van der Waals surface area contributed by atoms with Gasteiger partial charge in [0.1, 0.15) is 11.6 Å². The van der Waals surface area contributed by atoms with Gasteiger partial charge in [0.15, 0.2) is 0 Å². The number of anilines is 1. The van der Waals surface area contributed by atoms with E-state index >= 15 is 0 Å². The maximum atomic E-state index is 14.3. The molecule has 0 bridgehead atoms. The number of benzene rings is 1. The van der Waals surface area contributed by atoms with Gasteiger partial charge < -0.3 is 24.3 Å². The molecule has 0 radical (unpaired) electrons. The van der Waals surface area contributed by atoms with Crippen LogP contribution >= 0.6 is 0 Å². The van der Waals surface area contributed by atoms with Crippen molar-refractivity contribution >= 4 is 18.4 Å². The van der Waals surface area contributed by atoms with Gasteiger partial charge in [-0.3, -0.25) is 9.59 Å². The van der Waals surface area contributed by atoms with E-state index in [9.17, 15) is 9.18 Å². The maximum Gasteiger partial charge on any atom is 0.318 e. The molecule has 170 valence electrons. The molecule has 10 nitrogen and oxygen atoms in total. The molecule has 0 aliphatic carbocycles. The van der Waals surface area contributed by atoms with Gasteiger partial charge >= 0.3 is 6.01 Å². The minimum Gasteiger partial charge on any atom is -0.483 e. The van der Waals surface area contributed by atoms with E-state index in [1.165, 1.54) is 6.07 Å². The van der Waals surface area contributed by atoms with E-state index in [1.807, 2.05) is 11.8 Å². The third kappa shape index (κ3) is 4.76. The van der Waals surface area contributed by atoms with Crippen molar-refractivity contribution in [1.82, 2.24) is 20.7 Å². The van der Waals surface area contributed by atoms with Crippen molar-refractivity contribution in [2.45, 2.75) is 33.7 Å². The van der Waals surface area contributed by atoms with E-state index < -0.39 is 5.41 Å². The van der Waals surface area contributed by atoms with Crippen LogP contribution in [0.15, 0.2) is 33.2 Å². The summed E-state index contributed by atoms with van der Waals surface area (Å²) in [5.41, 5.74) is 1.29. The number of carbonyl (C=O) groups excluding carboxylic acids is 1. The molecule has 1 aromatic carbocycles. The number of aryl methyl sites for hydroxylation is 3. The van der Waals surface area contributed by atoms with E-state index in [0.29, 0.717) is 42.9 Å². The Morgan fingerprint density at radius 1 is 1.28 bits per heavy atom. The molecule has 0 spiro atoms. The average molecular weight is 445 g/mol. The van der Waals surface area contributed by atoms with Crippen molar-refractivity contribution in [3.63, 3.8) is 0 Å². The van der Waals surface area contributed by atoms with Gasteiger partial charge in [-0.2, -0.15) is 0 Å². The topological polar surface area (TPSA) is 135 Å². The van der Waals surface area contributed by atoms with Gasteiger partial charge in [-0.1, -0.05) is 28.5 Å². The molecule has 1 amide bonds. The monoisotopic (exact) mass is 445 g/mol. The molecule has 1 fully saturated rings. The summed E-state index contributed by atoms with van der Waals surface area (Å²) in [5, 5.41) is 21.6. The molecular weight excluding hydrogens is 421 g/mol. The summed E-state index contributed by atoms with van der Waals surface area (Å²) in [4.78, 5) is 23.4. The number of hydrogen-bond donors (Lipinski definition) is 2. The molecule has 4 rings (SSSR count). The van der Waals surface area contributed by atoms with E-state index in [0.717, 1.165) is 11.3 Å². The zero-order valence-electron chi connectivity index (χ0n) is 18.0. The number of aromatic nitrogens is 3. The molecule has 3 aromatic rings. The zero-order chi connectivity index (χ0) is 23.3. The molecule has 1 aliphatic heterocycles. The van der Waals surface area contributed by atoms with E-state index in [2.05, 4.69) is 20.7 Å². The number of carboxylic acid groups (broad SMARTS) is 1. The van der Waals surface area contributed by atoms with Crippen molar-refractivity contribution in [2.75, 3.05) is 18.0 Å². The smallest absolute Gasteiger partial charge is 0.318 e. The van der Waals surface area contributed by atoms with Crippen LogP contribution in [0.4, 0.5) is 10.4 Å². The Morgan fingerprint density at radius 2 is 1.97 bits per heavy atom. The average Bonchev–Trinajstić information content (AvgIpc) is 3.29. The number of carbonyl (C=O) groups is 2. The summed E-state index contributed by atoms with van der Waals surface area (Å²) in [6.07, 6.45) is 0.275. The van der Waals surface area contributed by atoms with Crippen molar-refractivity contribution in [3.05, 3.63) is 58.6 Å². The van der Waals surface area contributed by atoms with Crippen molar-refractivity contribution < 1.29 is 28.0 Å². The minimum atomic E-state index is -0.802. The third-order valence-corrected chi connectivity index (χ3v) is 5.35. The standard InChI is InChI=1S/C20H22FN5O3.CH2O2/c1-12-16(13(2)29-25-12)9-22-18(27)20(8-15-6-4-5-7-17(15)21)10-26(11-20)19-24-23-14(3)28-19;2-1-3/h4-7H,8-11H2,1-3H3,(H,22,27);1H,(H,2,3). The van der Waals surface area contributed by atoms with Crippen LogP contribution in [-0.2, 0) is 22.6 Å². The second kappa shape index (κ2) is 9.58. The van der Waals surface area contributed by atoms with E-state index in [4.69, 9.17) is 18.8 Å². The molecule has 3 heterocycles. The van der Waals surface area contributed by atoms with E-state index in [-0.39, 0.29) is 24.6 Å². The Labute approximate surface area is 183 Å². The highest BCUT2D eigenvalue weighted by Crippen LogP contribution is 2.38. The Hall–Kier alpha value is -3.76. The highest BCUT2D eigenvalue weighted by Gasteiger charge is 2.51. The van der Waals surface area contributed by atoms with Crippen molar-refractivity contribution in [1.29, 1.82) is 0 Å². The molecule has 0 atom stereocenters. The highest BCUT2D eigenvalue weighted by molar-refractivity contribution is 5.86. The van der Waals surface area contributed by atoms with Crippen LogP contribution in [0.2, 0.25) is 0 Å². The summed E-state index contributed by atoms with van der Waals surface area (Å²) >= 11 is 0. The van der Waals surface area contributed by atoms with Crippen LogP contribution in [-0.4, -0.2) is 45.9 Å². The number of nitrogens with one attached hydrogen (secondary N) is 1. The van der Waals surface area contributed by atoms with Crippen LogP contribution in [0.1, 0.15) is 28.5 Å². The lowest BCUT2D eigenvalue weighted by molar-refractivity contribution is -0.133. The lowest BCUT2D eigenvalue weighted by atomic mass is 9.74. The molecule has 32 heavy (non-hydrogen) atoms. The first-order chi connectivity index (χ1) is 15.3. The Kier molecular flexibility index (Phi) is 6.86. The van der Waals surface area contributed by atoms with Gasteiger partial charge in [0.25, 0.3) is 6.47 Å². The Morgan fingerprint density at radius 3 is 2.53 bits per heavy atom. The van der Waals surface area contributed by atoms with Crippen LogP contribution in [0.3, 0.4) is 0 Å². The van der Waals surface area contributed by atoms with Crippen molar-refractivity contribution in [2.24, 2.45) is 5.41 Å². The molecular formula is C21H24FN5O5. The molecule has 2 aromatic heterocycles. The predicted octanol–water partition coefficient (Wildman–Crippen LogP) is 2.19. The lowest BCUT2D eigenvalue weighted by Gasteiger charge is -2.48. The molecule has 11 heteroatoms. The third-order valence-electron chi connectivity index (χ3n) is 5.35. The minimum absolute atomic E-state index is 0.159. The van der Waals surface area contributed by atoms with Gasteiger partial charge in [0.2, 0.25) is 11.8 Å². The largest absolute Gasteiger partial charge is 0.483 e. The lowest BCUT2D eigenvalue weighted by Crippen LogP contribution is -2.64. The van der Waals surface area contributed by atoms with Crippen LogP contribution in [0, 0.1) is 32.0 Å². The summed E-state index contributed by atoms with van der Waals surface area (Å²) in [7, 11) is 0. The Bertz CT molecular complexity index is 1070. The quantitative estimate of drug-likeness (QED) is 0.547. The first-order valence-electron chi connectivity index (χ1n) is 9.86. The Balaban J connectivity index is 0.000000913. The second-order valence-electron chi connectivity index (χ2n) is 7.60. The van der Waals surface area contributed by atoms with Gasteiger partial charge in [-0.25, -0.2) is 4.39 Å². The fourth-order valence-electron chi connectivity index (χ4n) is 3.69. The maximum absolute atomic E-state index is 14.3. The zero-order valence-corrected chi connectivity index (χ0v) is 18.0. The molecule has 2 N–H and O–H groups in total. The van der Waals surface area contributed by atoms with Gasteiger partial charge in [0.05, 0.1) is 11.1 Å². The fourth-order valence-corrected chi connectivity index (χ4v) is 3.69. The van der Waals surface area contributed by atoms with Crippen LogP contribution in [0.25, 0.3) is 0 Å². The molecule has 1 aliphatic rings. The van der Waals surface area contributed by atoms with Gasteiger partial charge in [0, 0.05) is 32.1 Å². The number of rotatable bonds is 6. The first-order valence-corrected chi connectivity index (χ1v) is 9.86. The summed E-state index contributed by atoms with van der Waals surface area (Å²) in [6, 6.07) is 6.88. The van der Waals surface area contributed by atoms with Gasteiger partial charge in [-0.15, -0.1) is 5.10 Å². The number of nitrogens with zero attached hydrogens (tertiary/aromatic N) is 4. The molecule has 0 unspecified atom stereocenters. The predicted molar refractivity (Wildman–Crippen MR) is 110 cm³/mol. The fraction of sp³-hybridized carbons (Fsp3) is 0.381. The number of hydrogen-bond acceptors (Lipinski definition) is 8. The van der Waals surface area contributed by atoms with Gasteiger partial charge in [-0.05, 0) is 31.9 Å². The summed E-state index contributed by atoms with van der Waals surface area (Å²) in [5.74, 6) is 0.641. The number of halogens is 1. The highest BCUT2D eigenvalue weighted by atomic mass is 19.1. The van der Waals surface area contributed by atoms with E-state index in [1.54, 1.807) is 32.0 Å².